The number of rotatable bonds is 5. The molecule has 116 valence electrons. The summed E-state index contributed by atoms with van der Waals surface area (Å²) in [6.45, 7) is 10.6. The van der Waals surface area contributed by atoms with Crippen LogP contribution in [0.4, 0.5) is 0 Å². The van der Waals surface area contributed by atoms with E-state index >= 15 is 0 Å². The number of fused-ring (bicyclic) bond motifs is 1. The average molecular weight is 335 g/mol. The minimum Gasteiger partial charge on any atom is -0.361 e. The van der Waals surface area contributed by atoms with Crippen LogP contribution >= 0.6 is 24.2 Å². The van der Waals surface area contributed by atoms with Crippen LogP contribution in [-0.4, -0.2) is 28.2 Å². The Kier molecular flexibility index (Phi) is 7.63. The van der Waals surface area contributed by atoms with Crippen molar-refractivity contribution in [2.24, 2.45) is 4.99 Å². The second-order valence-electron chi connectivity index (χ2n) is 4.31. The molecule has 0 fully saturated rings. The van der Waals surface area contributed by atoms with E-state index in [0.29, 0.717) is 13.1 Å². The minimum absolute atomic E-state index is 0. The summed E-state index contributed by atoms with van der Waals surface area (Å²) in [6, 6.07) is 7.85. The van der Waals surface area contributed by atoms with Gasteiger partial charge in [0.25, 0.3) is 0 Å². The lowest BCUT2D eigenvalue weighted by Gasteiger charge is -2.09. The molecule has 0 radical (unpaired) electrons. The molecule has 0 spiro atoms. The van der Waals surface area contributed by atoms with Crippen molar-refractivity contribution >= 4 is 40.4 Å². The van der Waals surface area contributed by atoms with Crippen molar-refractivity contribution in [2.45, 2.75) is 11.9 Å². The summed E-state index contributed by atoms with van der Waals surface area (Å²) in [5.41, 5.74) is 2.69. The van der Waals surface area contributed by atoms with Gasteiger partial charge in [0.1, 0.15) is 5.03 Å². The molecule has 1 aromatic carbocycles. The molecule has 0 aliphatic carbocycles. The SMILES string of the molecule is C=CCN=C(NCC=C)Sc1nc2ccccc2nc1C.Cl. The Hall–Kier alpha value is -1.85. The number of nitrogens with one attached hydrogen (secondary N) is 1. The van der Waals surface area contributed by atoms with E-state index in [-0.39, 0.29) is 12.4 Å². The van der Waals surface area contributed by atoms with Gasteiger partial charge in [0, 0.05) is 6.54 Å². The molecule has 0 atom stereocenters. The van der Waals surface area contributed by atoms with Crippen LogP contribution in [0.25, 0.3) is 11.0 Å². The number of aryl methyl sites for hydroxylation is 1. The third-order valence-corrected chi connectivity index (χ3v) is 3.70. The van der Waals surface area contributed by atoms with Crippen molar-refractivity contribution in [3.05, 3.63) is 55.3 Å². The molecule has 0 saturated carbocycles. The van der Waals surface area contributed by atoms with Crippen LogP contribution in [0.5, 0.6) is 0 Å². The van der Waals surface area contributed by atoms with Crippen molar-refractivity contribution < 1.29 is 0 Å². The van der Waals surface area contributed by atoms with Crippen LogP contribution in [-0.2, 0) is 0 Å². The first kappa shape index (κ1) is 18.2. The Morgan fingerprint density at radius 1 is 1.23 bits per heavy atom. The van der Waals surface area contributed by atoms with Gasteiger partial charge in [-0.1, -0.05) is 24.3 Å². The van der Waals surface area contributed by atoms with Gasteiger partial charge in [-0.25, -0.2) is 9.97 Å². The fraction of sp³-hybridized carbons (Fsp3) is 0.188. The first-order chi connectivity index (χ1) is 10.2. The molecule has 6 heteroatoms. The Bertz CT molecular complexity index is 685. The molecular formula is C16H19ClN4S. The Morgan fingerprint density at radius 3 is 2.55 bits per heavy atom. The summed E-state index contributed by atoms with van der Waals surface area (Å²) in [6.07, 6.45) is 3.55. The number of hydrogen-bond acceptors (Lipinski definition) is 4. The van der Waals surface area contributed by atoms with Gasteiger partial charge < -0.3 is 5.32 Å². The molecule has 0 bridgehead atoms. The highest BCUT2D eigenvalue weighted by Gasteiger charge is 2.09. The number of benzene rings is 1. The van der Waals surface area contributed by atoms with Gasteiger partial charge in [0.2, 0.25) is 0 Å². The van der Waals surface area contributed by atoms with E-state index in [1.807, 2.05) is 31.2 Å². The number of aromatic nitrogens is 2. The van der Waals surface area contributed by atoms with E-state index in [1.165, 1.54) is 11.8 Å². The molecule has 22 heavy (non-hydrogen) atoms. The number of thioether (sulfide) groups is 1. The maximum absolute atomic E-state index is 4.66. The third-order valence-electron chi connectivity index (χ3n) is 2.66. The number of para-hydroxylation sites is 2. The van der Waals surface area contributed by atoms with E-state index in [9.17, 15) is 0 Å². The van der Waals surface area contributed by atoms with Gasteiger partial charge in [0.05, 0.1) is 23.3 Å². The number of amidine groups is 1. The molecule has 0 saturated heterocycles. The lowest BCUT2D eigenvalue weighted by molar-refractivity contribution is 1.03. The molecule has 0 aliphatic heterocycles. The molecule has 1 heterocycles. The van der Waals surface area contributed by atoms with Gasteiger partial charge in [-0.2, -0.15) is 0 Å². The van der Waals surface area contributed by atoms with Crippen molar-refractivity contribution in [2.75, 3.05) is 13.1 Å². The van der Waals surface area contributed by atoms with Gasteiger partial charge in [-0.05, 0) is 30.8 Å². The first-order valence-corrected chi connectivity index (χ1v) is 7.47. The monoisotopic (exact) mass is 334 g/mol. The summed E-state index contributed by atoms with van der Waals surface area (Å²) in [5, 5.41) is 4.86. The second kappa shape index (κ2) is 9.23. The highest BCUT2D eigenvalue weighted by molar-refractivity contribution is 8.13. The lowest BCUT2D eigenvalue weighted by atomic mass is 10.3. The predicted octanol–water partition coefficient (Wildman–Crippen LogP) is 3.77. The van der Waals surface area contributed by atoms with Crippen LogP contribution in [0.2, 0.25) is 0 Å². The molecule has 0 aliphatic rings. The van der Waals surface area contributed by atoms with E-state index in [1.54, 1.807) is 12.2 Å². The number of hydrogen-bond donors (Lipinski definition) is 1. The van der Waals surface area contributed by atoms with E-state index in [4.69, 9.17) is 0 Å². The average Bonchev–Trinajstić information content (AvgIpc) is 2.50. The Labute approximate surface area is 141 Å². The largest absolute Gasteiger partial charge is 0.361 e. The number of aliphatic imine (C=N–C) groups is 1. The summed E-state index contributed by atoms with van der Waals surface area (Å²) in [5.74, 6) is 0. The molecule has 0 unspecified atom stereocenters. The number of halogens is 1. The zero-order valence-corrected chi connectivity index (χ0v) is 14.1. The standard InChI is InChI=1S/C16H18N4S.ClH/c1-4-10-17-16(18-11-5-2)21-15-12(3)19-13-8-6-7-9-14(13)20-15;/h4-9H,1-2,10-11H2,3H3,(H,17,18);1H. The predicted molar refractivity (Wildman–Crippen MR) is 98.1 cm³/mol. The van der Waals surface area contributed by atoms with Crippen LogP contribution < -0.4 is 5.32 Å². The van der Waals surface area contributed by atoms with Crippen molar-refractivity contribution in [3.8, 4) is 0 Å². The Balaban J connectivity index is 0.00000242. The molecule has 2 rings (SSSR count). The smallest absolute Gasteiger partial charge is 0.163 e. The van der Waals surface area contributed by atoms with Crippen LogP contribution in [0.15, 0.2) is 59.6 Å². The molecule has 2 aromatic rings. The molecule has 1 N–H and O–H groups in total. The van der Waals surface area contributed by atoms with E-state index in [2.05, 4.69) is 33.4 Å². The maximum Gasteiger partial charge on any atom is 0.163 e. The fourth-order valence-corrected chi connectivity index (χ4v) is 2.51. The minimum atomic E-state index is 0. The molecular weight excluding hydrogens is 316 g/mol. The quantitative estimate of drug-likeness (QED) is 0.391. The van der Waals surface area contributed by atoms with Gasteiger partial charge in [-0.3, -0.25) is 4.99 Å². The number of nitrogens with zero attached hydrogens (tertiary/aromatic N) is 3. The van der Waals surface area contributed by atoms with E-state index < -0.39 is 0 Å². The Morgan fingerprint density at radius 2 is 1.91 bits per heavy atom. The second-order valence-corrected chi connectivity index (χ2v) is 5.29. The van der Waals surface area contributed by atoms with Crippen molar-refractivity contribution in [1.82, 2.24) is 15.3 Å². The lowest BCUT2D eigenvalue weighted by Crippen LogP contribution is -2.21. The van der Waals surface area contributed by atoms with Gasteiger partial charge in [0.15, 0.2) is 5.17 Å². The summed E-state index contributed by atoms with van der Waals surface area (Å²) in [4.78, 5) is 13.7. The molecule has 0 amide bonds. The topological polar surface area (TPSA) is 50.2 Å². The van der Waals surface area contributed by atoms with Crippen LogP contribution in [0.3, 0.4) is 0 Å². The van der Waals surface area contributed by atoms with E-state index in [0.717, 1.165) is 26.9 Å². The third kappa shape index (κ3) is 4.86. The first-order valence-electron chi connectivity index (χ1n) is 6.66. The van der Waals surface area contributed by atoms with Crippen LogP contribution in [0.1, 0.15) is 5.69 Å². The highest BCUT2D eigenvalue weighted by Crippen LogP contribution is 2.22. The highest BCUT2D eigenvalue weighted by atomic mass is 35.5. The van der Waals surface area contributed by atoms with Crippen LogP contribution in [0, 0.1) is 6.92 Å². The molecule has 1 aromatic heterocycles. The van der Waals surface area contributed by atoms with Crippen molar-refractivity contribution in [1.29, 1.82) is 0 Å². The zero-order valence-electron chi connectivity index (χ0n) is 12.5. The fourth-order valence-electron chi connectivity index (χ4n) is 1.69. The maximum atomic E-state index is 4.66. The molecule has 4 nitrogen and oxygen atoms in total. The zero-order chi connectivity index (χ0) is 15.1. The summed E-state index contributed by atoms with van der Waals surface area (Å²) >= 11 is 1.48. The van der Waals surface area contributed by atoms with Gasteiger partial charge >= 0.3 is 0 Å². The summed E-state index contributed by atoms with van der Waals surface area (Å²) in [7, 11) is 0. The normalized spacial score (nSPS) is 10.9. The van der Waals surface area contributed by atoms with Gasteiger partial charge in [-0.15, -0.1) is 25.6 Å². The summed E-state index contributed by atoms with van der Waals surface area (Å²) < 4.78 is 0. The van der Waals surface area contributed by atoms with Crippen molar-refractivity contribution in [3.63, 3.8) is 0 Å².